The minimum atomic E-state index is 0.0773. The third-order valence-electron chi connectivity index (χ3n) is 1.16. The lowest BCUT2D eigenvalue weighted by atomic mass is 10.4. The first-order valence-corrected chi connectivity index (χ1v) is 4.17. The summed E-state index contributed by atoms with van der Waals surface area (Å²) in [5.74, 6) is 0.0773. The van der Waals surface area contributed by atoms with E-state index in [-0.39, 0.29) is 11.9 Å². The minimum Gasteiger partial charge on any atom is -0.353 e. The third-order valence-corrected chi connectivity index (χ3v) is 1.16. The maximum absolute atomic E-state index is 11.0. The van der Waals surface area contributed by atoms with E-state index in [1.165, 1.54) is 0 Å². The lowest BCUT2D eigenvalue weighted by molar-refractivity contribution is -0.120. The summed E-state index contributed by atoms with van der Waals surface area (Å²) in [6.45, 7) is 7.33. The Hall–Kier alpha value is -0.570. The van der Waals surface area contributed by atoms with Crippen LogP contribution in [0.4, 0.5) is 0 Å². The Morgan fingerprint density at radius 3 is 2.55 bits per heavy atom. The van der Waals surface area contributed by atoms with Crippen molar-refractivity contribution in [1.29, 1.82) is 0 Å². The molecule has 0 rings (SSSR count). The first-order chi connectivity index (χ1) is 5.16. The molecular weight excluding hydrogens is 140 g/mol. The second-order valence-corrected chi connectivity index (χ2v) is 2.90. The predicted octanol–water partition coefficient (Wildman–Crippen LogP) is 0.511. The lowest BCUT2D eigenvalue weighted by Crippen LogP contribution is -2.37. The predicted molar refractivity (Wildman–Crippen MR) is 46.4 cm³/mol. The molecule has 0 bridgehead atoms. The fraction of sp³-hybridized carbons (Fsp3) is 0.875. The van der Waals surface area contributed by atoms with E-state index in [2.05, 4.69) is 17.6 Å². The summed E-state index contributed by atoms with van der Waals surface area (Å²) in [6, 6.07) is 0.242. The van der Waals surface area contributed by atoms with Crippen molar-refractivity contribution >= 4 is 5.91 Å². The smallest absolute Gasteiger partial charge is 0.234 e. The number of amides is 1. The van der Waals surface area contributed by atoms with Crippen LogP contribution in [0.5, 0.6) is 0 Å². The second-order valence-electron chi connectivity index (χ2n) is 2.90. The highest BCUT2D eigenvalue weighted by Crippen LogP contribution is 1.76. The van der Waals surface area contributed by atoms with E-state index in [4.69, 9.17) is 0 Å². The fourth-order valence-corrected chi connectivity index (χ4v) is 0.752. The van der Waals surface area contributed by atoms with Gasteiger partial charge in [-0.15, -0.1) is 0 Å². The van der Waals surface area contributed by atoms with Gasteiger partial charge in [0.2, 0.25) is 5.91 Å². The molecule has 0 fully saturated rings. The van der Waals surface area contributed by atoms with Gasteiger partial charge in [-0.25, -0.2) is 0 Å². The van der Waals surface area contributed by atoms with E-state index in [1.54, 1.807) is 0 Å². The Labute approximate surface area is 68.6 Å². The highest BCUT2D eigenvalue weighted by molar-refractivity contribution is 5.78. The van der Waals surface area contributed by atoms with Crippen molar-refractivity contribution in [3.05, 3.63) is 0 Å². The van der Waals surface area contributed by atoms with E-state index in [0.717, 1.165) is 13.0 Å². The summed E-state index contributed by atoms with van der Waals surface area (Å²) < 4.78 is 0. The highest BCUT2D eigenvalue weighted by Gasteiger charge is 2.00. The van der Waals surface area contributed by atoms with Gasteiger partial charge in [-0.3, -0.25) is 4.79 Å². The Morgan fingerprint density at radius 1 is 1.45 bits per heavy atom. The van der Waals surface area contributed by atoms with Crippen molar-refractivity contribution in [1.82, 2.24) is 10.6 Å². The summed E-state index contributed by atoms with van der Waals surface area (Å²) in [4.78, 5) is 11.0. The average Bonchev–Trinajstić information content (AvgIpc) is 1.86. The van der Waals surface area contributed by atoms with Gasteiger partial charge in [0.05, 0.1) is 6.54 Å². The van der Waals surface area contributed by atoms with Crippen molar-refractivity contribution in [2.45, 2.75) is 33.2 Å². The molecule has 1 amide bonds. The summed E-state index contributed by atoms with van der Waals surface area (Å²) in [5.41, 5.74) is 0. The van der Waals surface area contributed by atoms with Gasteiger partial charge in [-0.2, -0.15) is 0 Å². The summed E-state index contributed by atoms with van der Waals surface area (Å²) >= 11 is 0. The number of hydrogen-bond donors (Lipinski definition) is 2. The van der Waals surface area contributed by atoms with Crippen molar-refractivity contribution in [2.24, 2.45) is 0 Å². The van der Waals surface area contributed by atoms with Gasteiger partial charge in [0, 0.05) is 6.04 Å². The summed E-state index contributed by atoms with van der Waals surface area (Å²) in [7, 11) is 0. The quantitative estimate of drug-likeness (QED) is 0.572. The normalized spacial score (nSPS) is 10.2. The van der Waals surface area contributed by atoms with Crippen LogP contribution in [0.25, 0.3) is 0 Å². The van der Waals surface area contributed by atoms with Crippen LogP contribution in [0.2, 0.25) is 0 Å². The fourth-order valence-electron chi connectivity index (χ4n) is 0.752. The molecule has 0 unspecified atom stereocenters. The van der Waals surface area contributed by atoms with Gasteiger partial charge < -0.3 is 10.6 Å². The Bertz CT molecular complexity index is 113. The molecule has 0 aliphatic heterocycles. The molecule has 3 heteroatoms. The second kappa shape index (κ2) is 6.16. The van der Waals surface area contributed by atoms with E-state index in [9.17, 15) is 4.79 Å². The summed E-state index contributed by atoms with van der Waals surface area (Å²) in [5, 5.41) is 5.83. The molecule has 2 N–H and O–H groups in total. The molecule has 0 atom stereocenters. The van der Waals surface area contributed by atoms with Crippen LogP contribution < -0.4 is 10.6 Å². The molecule has 0 aromatic carbocycles. The third kappa shape index (κ3) is 7.33. The first kappa shape index (κ1) is 10.4. The van der Waals surface area contributed by atoms with Crippen molar-refractivity contribution in [3.63, 3.8) is 0 Å². The molecule has 11 heavy (non-hydrogen) atoms. The zero-order valence-electron chi connectivity index (χ0n) is 7.61. The van der Waals surface area contributed by atoms with Crippen LogP contribution in [-0.2, 0) is 4.79 Å². The van der Waals surface area contributed by atoms with Gasteiger partial charge in [-0.05, 0) is 26.8 Å². The SMILES string of the molecule is CCCNCC(=O)NC(C)C. The molecule has 0 aliphatic rings. The van der Waals surface area contributed by atoms with Crippen LogP contribution in [-0.4, -0.2) is 25.0 Å². The Balaban J connectivity index is 3.23. The Morgan fingerprint density at radius 2 is 2.09 bits per heavy atom. The van der Waals surface area contributed by atoms with Crippen molar-refractivity contribution < 1.29 is 4.79 Å². The molecule has 0 aromatic heterocycles. The lowest BCUT2D eigenvalue weighted by Gasteiger charge is -2.08. The maximum atomic E-state index is 11.0. The van der Waals surface area contributed by atoms with E-state index >= 15 is 0 Å². The number of nitrogens with one attached hydrogen (secondary N) is 2. The van der Waals surface area contributed by atoms with Gasteiger partial charge in [0.15, 0.2) is 0 Å². The molecule has 66 valence electrons. The van der Waals surface area contributed by atoms with E-state index in [0.29, 0.717) is 6.54 Å². The summed E-state index contributed by atoms with van der Waals surface area (Å²) in [6.07, 6.45) is 1.06. The van der Waals surface area contributed by atoms with Crippen LogP contribution >= 0.6 is 0 Å². The van der Waals surface area contributed by atoms with Crippen LogP contribution in [0, 0.1) is 0 Å². The van der Waals surface area contributed by atoms with Gasteiger partial charge >= 0.3 is 0 Å². The standard InChI is InChI=1S/C8H18N2O/c1-4-5-9-6-8(11)10-7(2)3/h7,9H,4-6H2,1-3H3,(H,10,11). The zero-order valence-corrected chi connectivity index (χ0v) is 7.61. The molecule has 0 aliphatic carbocycles. The van der Waals surface area contributed by atoms with Gasteiger partial charge in [0.1, 0.15) is 0 Å². The van der Waals surface area contributed by atoms with Crippen LogP contribution in [0.3, 0.4) is 0 Å². The monoisotopic (exact) mass is 158 g/mol. The molecule has 0 saturated carbocycles. The van der Waals surface area contributed by atoms with Crippen molar-refractivity contribution in [3.8, 4) is 0 Å². The highest BCUT2D eigenvalue weighted by atomic mass is 16.1. The number of hydrogen-bond acceptors (Lipinski definition) is 2. The van der Waals surface area contributed by atoms with Crippen molar-refractivity contribution in [2.75, 3.05) is 13.1 Å². The molecule has 0 heterocycles. The molecule has 0 spiro atoms. The molecular formula is C8H18N2O. The van der Waals surface area contributed by atoms with E-state index in [1.807, 2.05) is 13.8 Å². The minimum absolute atomic E-state index is 0.0773. The topological polar surface area (TPSA) is 41.1 Å². The molecule has 0 radical (unpaired) electrons. The van der Waals surface area contributed by atoms with Crippen LogP contribution in [0.1, 0.15) is 27.2 Å². The van der Waals surface area contributed by atoms with Gasteiger partial charge in [0.25, 0.3) is 0 Å². The number of carbonyl (C=O) groups is 1. The average molecular weight is 158 g/mol. The largest absolute Gasteiger partial charge is 0.353 e. The molecule has 0 aromatic rings. The van der Waals surface area contributed by atoms with E-state index < -0.39 is 0 Å². The maximum Gasteiger partial charge on any atom is 0.234 e. The molecule has 3 nitrogen and oxygen atoms in total. The zero-order chi connectivity index (χ0) is 8.69. The van der Waals surface area contributed by atoms with Crippen LogP contribution in [0.15, 0.2) is 0 Å². The van der Waals surface area contributed by atoms with Gasteiger partial charge in [-0.1, -0.05) is 6.92 Å². The first-order valence-electron chi connectivity index (χ1n) is 4.17. The Kier molecular flexibility index (Phi) is 5.84. The number of rotatable bonds is 5. The number of carbonyl (C=O) groups excluding carboxylic acids is 1. The molecule has 0 saturated heterocycles.